The van der Waals surface area contributed by atoms with Crippen molar-refractivity contribution >= 4 is 35.6 Å². The third-order valence-electron chi connectivity index (χ3n) is 5.73. The fraction of sp³-hybridized carbons (Fsp3) is 0.522. The van der Waals surface area contributed by atoms with E-state index in [0.29, 0.717) is 31.2 Å². The Kier molecular flexibility index (Phi) is 10.0. The topological polar surface area (TPSA) is 71.3 Å². The summed E-state index contributed by atoms with van der Waals surface area (Å²) in [5.41, 5.74) is 0.685. The van der Waals surface area contributed by atoms with E-state index in [9.17, 15) is 8.78 Å². The van der Waals surface area contributed by atoms with Gasteiger partial charge in [0.25, 0.3) is 0 Å². The van der Waals surface area contributed by atoms with Crippen LogP contribution in [-0.2, 0) is 11.2 Å². The van der Waals surface area contributed by atoms with Gasteiger partial charge in [-0.25, -0.2) is 0 Å². The van der Waals surface area contributed by atoms with E-state index in [4.69, 9.17) is 18.9 Å². The number of halogens is 3. The van der Waals surface area contributed by atoms with Gasteiger partial charge in [-0.05, 0) is 37.1 Å². The van der Waals surface area contributed by atoms with Crippen LogP contribution in [-0.4, -0.2) is 58.0 Å². The van der Waals surface area contributed by atoms with Crippen LogP contribution in [0.25, 0.3) is 0 Å². The van der Waals surface area contributed by atoms with Crippen molar-refractivity contribution in [3.8, 4) is 5.75 Å². The number of hydrogen-bond donors (Lipinski definition) is 2. The number of guanidine groups is 1. The molecule has 4 rings (SSSR count). The van der Waals surface area contributed by atoms with E-state index in [2.05, 4.69) is 15.5 Å². The number of aliphatic imine (C=N–C) groups is 1. The molecule has 3 heterocycles. The predicted octanol–water partition coefficient (Wildman–Crippen LogP) is 3.89. The van der Waals surface area contributed by atoms with Crippen LogP contribution in [0.1, 0.15) is 18.6 Å². The molecule has 0 amide bonds. The van der Waals surface area contributed by atoms with Crippen LogP contribution in [0, 0.1) is 5.92 Å². The molecule has 182 valence electrons. The fourth-order valence-corrected chi connectivity index (χ4v) is 4.06. The number of para-hydroxylation sites is 2. The van der Waals surface area contributed by atoms with Crippen LogP contribution in [0.5, 0.6) is 5.75 Å². The lowest BCUT2D eigenvalue weighted by atomic mass is 10.1. The summed E-state index contributed by atoms with van der Waals surface area (Å²) in [6.07, 6.45) is 4.33. The van der Waals surface area contributed by atoms with Crippen LogP contribution < -0.4 is 20.3 Å². The minimum atomic E-state index is -2.84. The zero-order valence-corrected chi connectivity index (χ0v) is 20.8. The highest BCUT2D eigenvalue weighted by molar-refractivity contribution is 14.0. The second kappa shape index (κ2) is 13.0. The van der Waals surface area contributed by atoms with E-state index >= 15 is 0 Å². The van der Waals surface area contributed by atoms with Crippen LogP contribution in [0.4, 0.5) is 14.5 Å². The van der Waals surface area contributed by atoms with E-state index < -0.39 is 6.61 Å². The molecule has 2 fully saturated rings. The van der Waals surface area contributed by atoms with Gasteiger partial charge in [0.05, 0.1) is 18.6 Å². The minimum absolute atomic E-state index is 0. The summed E-state index contributed by atoms with van der Waals surface area (Å²) in [5, 5.41) is 6.91. The molecule has 0 saturated carbocycles. The van der Waals surface area contributed by atoms with Gasteiger partial charge in [-0.15, -0.1) is 24.0 Å². The molecule has 2 saturated heterocycles. The quantitative estimate of drug-likeness (QED) is 0.268. The highest BCUT2D eigenvalue weighted by atomic mass is 127. The Balaban J connectivity index is 0.00000306. The fourth-order valence-electron chi connectivity index (χ4n) is 4.06. The molecule has 2 N–H and O–H groups in total. The van der Waals surface area contributed by atoms with Crippen LogP contribution in [0.15, 0.2) is 52.1 Å². The van der Waals surface area contributed by atoms with E-state index in [1.54, 1.807) is 18.4 Å². The summed E-state index contributed by atoms with van der Waals surface area (Å²) in [6.45, 7) is 1.53. The number of ether oxygens (including phenoxy) is 2. The zero-order valence-electron chi connectivity index (χ0n) is 18.4. The molecule has 0 bridgehead atoms. The van der Waals surface area contributed by atoms with Crippen LogP contribution in [0.3, 0.4) is 0 Å². The van der Waals surface area contributed by atoms with Gasteiger partial charge in [-0.3, -0.25) is 4.99 Å². The average Bonchev–Trinajstić information content (AvgIpc) is 3.55. The Morgan fingerprint density at radius 1 is 1.21 bits per heavy atom. The normalized spacial score (nSPS) is 20.7. The Morgan fingerprint density at radius 2 is 2.09 bits per heavy atom. The summed E-state index contributed by atoms with van der Waals surface area (Å²) in [6, 6.07) is 10.9. The van der Waals surface area contributed by atoms with Crippen molar-refractivity contribution in [3.63, 3.8) is 0 Å². The van der Waals surface area contributed by atoms with Gasteiger partial charge in [0.15, 0.2) is 5.96 Å². The smallest absolute Gasteiger partial charge is 0.387 e. The van der Waals surface area contributed by atoms with Crippen molar-refractivity contribution in [2.75, 3.05) is 44.3 Å². The third kappa shape index (κ3) is 7.73. The zero-order chi connectivity index (χ0) is 22.2. The van der Waals surface area contributed by atoms with Crippen molar-refractivity contribution < 1.29 is 22.7 Å². The highest BCUT2D eigenvalue weighted by Gasteiger charge is 2.26. The number of rotatable bonds is 9. The van der Waals surface area contributed by atoms with E-state index in [-0.39, 0.29) is 35.8 Å². The molecular formula is C23H31F2IN4O3. The van der Waals surface area contributed by atoms with Crippen molar-refractivity contribution in [1.82, 2.24) is 10.6 Å². The molecule has 0 aliphatic carbocycles. The molecule has 0 spiro atoms. The van der Waals surface area contributed by atoms with Crippen LogP contribution >= 0.6 is 24.0 Å². The van der Waals surface area contributed by atoms with Gasteiger partial charge in [0, 0.05) is 51.2 Å². The summed E-state index contributed by atoms with van der Waals surface area (Å²) >= 11 is 0. The molecule has 1 aromatic heterocycles. The van der Waals surface area contributed by atoms with E-state index in [1.165, 1.54) is 0 Å². The first kappa shape index (κ1) is 25.5. The Bertz CT molecular complexity index is 863. The lowest BCUT2D eigenvalue weighted by molar-refractivity contribution is -0.0495. The number of furan rings is 1. The predicted molar refractivity (Wildman–Crippen MR) is 134 cm³/mol. The maximum Gasteiger partial charge on any atom is 0.387 e. The van der Waals surface area contributed by atoms with Crippen LogP contribution in [0.2, 0.25) is 0 Å². The number of alkyl halides is 2. The first-order valence-electron chi connectivity index (χ1n) is 11.1. The highest BCUT2D eigenvalue weighted by Crippen LogP contribution is 2.31. The number of hydrogen-bond acceptors (Lipinski definition) is 5. The average molecular weight is 576 g/mol. The molecule has 2 aliphatic rings. The second-order valence-electron chi connectivity index (χ2n) is 8.10. The van der Waals surface area contributed by atoms with Crippen molar-refractivity contribution in [1.29, 1.82) is 0 Å². The molecule has 10 heteroatoms. The van der Waals surface area contributed by atoms with Gasteiger partial charge < -0.3 is 29.4 Å². The Hall–Kier alpha value is -2.08. The molecule has 2 aromatic rings. The standard InChI is InChI=1S/C23H30F2N4O3.HI/c24-22(25)32-21-6-2-1-5-20(21)29-11-8-18(15-29)28-23(27-14-17-9-13-30-16-17)26-10-7-19-4-3-12-31-19;/h1-6,12,17-18,22H,7-11,13-16H2,(H2,26,27,28);1H. The van der Waals surface area contributed by atoms with E-state index in [1.807, 2.05) is 24.3 Å². The van der Waals surface area contributed by atoms with Crippen molar-refractivity contribution in [2.45, 2.75) is 31.9 Å². The summed E-state index contributed by atoms with van der Waals surface area (Å²) < 4.78 is 41.1. The summed E-state index contributed by atoms with van der Waals surface area (Å²) in [7, 11) is 0. The molecule has 1 aromatic carbocycles. The Morgan fingerprint density at radius 3 is 2.85 bits per heavy atom. The monoisotopic (exact) mass is 576 g/mol. The first-order chi connectivity index (χ1) is 15.7. The number of nitrogens with zero attached hydrogens (tertiary/aromatic N) is 2. The second-order valence-corrected chi connectivity index (χ2v) is 8.10. The Labute approximate surface area is 209 Å². The van der Waals surface area contributed by atoms with E-state index in [0.717, 1.165) is 50.7 Å². The van der Waals surface area contributed by atoms with Gasteiger partial charge in [0.1, 0.15) is 11.5 Å². The first-order valence-corrected chi connectivity index (χ1v) is 11.1. The largest absolute Gasteiger partial charge is 0.469 e. The van der Waals surface area contributed by atoms with Gasteiger partial charge in [-0.1, -0.05) is 12.1 Å². The van der Waals surface area contributed by atoms with Gasteiger partial charge in [-0.2, -0.15) is 8.78 Å². The molecular weight excluding hydrogens is 545 g/mol. The lowest BCUT2D eigenvalue weighted by Gasteiger charge is -2.23. The molecule has 2 unspecified atom stereocenters. The third-order valence-corrected chi connectivity index (χ3v) is 5.73. The molecule has 2 aliphatic heterocycles. The number of benzene rings is 1. The van der Waals surface area contributed by atoms with Crippen molar-refractivity contribution in [2.24, 2.45) is 10.9 Å². The number of anilines is 1. The lowest BCUT2D eigenvalue weighted by Crippen LogP contribution is -2.45. The van der Waals surface area contributed by atoms with Crippen molar-refractivity contribution in [3.05, 3.63) is 48.4 Å². The molecule has 33 heavy (non-hydrogen) atoms. The summed E-state index contributed by atoms with van der Waals surface area (Å²) in [5.74, 6) is 2.32. The maximum atomic E-state index is 12.8. The SMILES string of the molecule is FC(F)Oc1ccccc1N1CCC(NC(=NCC2CCOC2)NCCc2ccco2)C1.I. The molecule has 7 nitrogen and oxygen atoms in total. The number of nitrogens with one attached hydrogen (secondary N) is 2. The maximum absolute atomic E-state index is 12.8. The minimum Gasteiger partial charge on any atom is -0.469 e. The summed E-state index contributed by atoms with van der Waals surface area (Å²) in [4.78, 5) is 6.85. The van der Waals surface area contributed by atoms with Gasteiger partial charge >= 0.3 is 6.61 Å². The van der Waals surface area contributed by atoms with Gasteiger partial charge in [0.2, 0.25) is 0 Å². The molecule has 2 atom stereocenters. The molecule has 0 radical (unpaired) electrons.